The van der Waals surface area contributed by atoms with E-state index in [1.54, 1.807) is 53.5 Å². The molecule has 1 aliphatic rings. The second kappa shape index (κ2) is 10.3. The summed E-state index contributed by atoms with van der Waals surface area (Å²) < 4.78 is 8.35. The minimum absolute atomic E-state index is 0.0253. The molecule has 1 atom stereocenters. The van der Waals surface area contributed by atoms with Gasteiger partial charge in [0.05, 0.1) is 35.1 Å². The number of amides is 2. The third-order valence-electron chi connectivity index (χ3n) is 6.42. The predicted octanol–water partition coefficient (Wildman–Crippen LogP) is 2.35. The van der Waals surface area contributed by atoms with Gasteiger partial charge in [-0.1, -0.05) is 17.7 Å². The van der Waals surface area contributed by atoms with Crippen molar-refractivity contribution >= 4 is 46.0 Å². The van der Waals surface area contributed by atoms with Gasteiger partial charge in [-0.3, -0.25) is 9.59 Å². The number of rotatable bonds is 4. The van der Waals surface area contributed by atoms with Gasteiger partial charge in [0.1, 0.15) is 11.2 Å². The number of nitrogens with zero attached hydrogens (tertiary/aromatic N) is 7. The maximum Gasteiger partial charge on any atom is 0.410 e. The third kappa shape index (κ3) is 5.11. The largest absolute Gasteiger partial charge is 0.444 e. The minimum Gasteiger partial charge on any atom is -0.444 e. The molecule has 3 N–H and O–H groups in total. The molecule has 1 fully saturated rings. The molecule has 5 rings (SSSR count). The Morgan fingerprint density at radius 2 is 1.88 bits per heavy atom. The molecule has 1 aromatic carbocycles. The van der Waals surface area contributed by atoms with Crippen molar-refractivity contribution in [3.05, 3.63) is 63.4 Å². The SMILES string of the molecule is CC(NC(=O)c1c(N)nn2cccnc12)c1nc2cccc(Cl)c2c(=O)n1N1CCN(C(=O)OC(C)(C)C)CC1. The molecule has 0 spiro atoms. The fraction of sp³-hybridized carbons (Fsp3) is 0.385. The van der Waals surface area contributed by atoms with Crippen LogP contribution in [0.1, 0.15) is 49.9 Å². The van der Waals surface area contributed by atoms with Gasteiger partial charge < -0.3 is 25.7 Å². The number of anilines is 1. The lowest BCUT2D eigenvalue weighted by atomic mass is 10.2. The summed E-state index contributed by atoms with van der Waals surface area (Å²) in [6.07, 6.45) is 2.77. The number of fused-ring (bicyclic) bond motifs is 2. The van der Waals surface area contributed by atoms with E-state index in [1.807, 2.05) is 20.8 Å². The summed E-state index contributed by atoms with van der Waals surface area (Å²) in [6.45, 7) is 8.46. The van der Waals surface area contributed by atoms with Crippen molar-refractivity contribution < 1.29 is 14.3 Å². The molecule has 0 aliphatic carbocycles. The standard InChI is InChI=1S/C26H30ClN9O4/c1-15(30-23(37)19-20(28)32-35-10-6-9-29-22(19)35)21-31-17-8-5-7-16(27)18(17)24(38)36(21)34-13-11-33(12-14-34)25(39)40-26(2,3)4/h5-10,15H,11-14H2,1-4H3,(H2,28,32)(H,30,37). The van der Waals surface area contributed by atoms with E-state index < -0.39 is 23.6 Å². The molecule has 14 heteroatoms. The fourth-order valence-corrected chi connectivity index (χ4v) is 4.86. The van der Waals surface area contributed by atoms with Crippen LogP contribution < -0.4 is 21.6 Å². The zero-order chi connectivity index (χ0) is 28.8. The molecule has 0 bridgehead atoms. The van der Waals surface area contributed by atoms with E-state index in [-0.39, 0.29) is 27.3 Å². The van der Waals surface area contributed by atoms with Crippen LogP contribution in [-0.2, 0) is 4.74 Å². The Balaban J connectivity index is 1.48. The lowest BCUT2D eigenvalue weighted by Gasteiger charge is -2.38. The van der Waals surface area contributed by atoms with Crippen LogP contribution in [0.4, 0.5) is 10.6 Å². The quantitative estimate of drug-likeness (QED) is 0.378. The monoisotopic (exact) mass is 567 g/mol. The van der Waals surface area contributed by atoms with Crippen molar-refractivity contribution in [1.29, 1.82) is 0 Å². The Hall–Kier alpha value is -4.39. The number of nitrogens with two attached hydrogens (primary N) is 1. The van der Waals surface area contributed by atoms with Crippen LogP contribution in [0, 0.1) is 0 Å². The molecule has 13 nitrogen and oxygen atoms in total. The van der Waals surface area contributed by atoms with E-state index in [2.05, 4.69) is 15.4 Å². The molecule has 0 radical (unpaired) electrons. The molecular formula is C26H30ClN9O4. The number of nitrogens with one attached hydrogen (secondary N) is 1. The first-order valence-electron chi connectivity index (χ1n) is 12.8. The fourth-order valence-electron chi connectivity index (χ4n) is 4.61. The molecule has 210 valence electrons. The maximum atomic E-state index is 13.9. The van der Waals surface area contributed by atoms with Crippen LogP contribution in [0.5, 0.6) is 0 Å². The minimum atomic E-state index is -0.731. The number of hydrogen-bond donors (Lipinski definition) is 2. The molecule has 0 saturated carbocycles. The number of nitrogen functional groups attached to an aromatic ring is 1. The molecule has 3 aromatic heterocycles. The Bertz CT molecular complexity index is 1670. The van der Waals surface area contributed by atoms with Gasteiger partial charge in [-0.2, -0.15) is 0 Å². The van der Waals surface area contributed by atoms with Crippen molar-refractivity contribution in [2.45, 2.75) is 39.3 Å². The molecule has 2 amide bonds. The number of carbonyl (C=O) groups is 2. The van der Waals surface area contributed by atoms with Gasteiger partial charge in [0, 0.05) is 25.5 Å². The highest BCUT2D eigenvalue weighted by atomic mass is 35.5. The number of piperazine rings is 1. The highest BCUT2D eigenvalue weighted by Gasteiger charge is 2.30. The molecule has 1 saturated heterocycles. The molecular weight excluding hydrogens is 538 g/mol. The lowest BCUT2D eigenvalue weighted by molar-refractivity contribution is 0.0231. The number of carbonyl (C=O) groups excluding carboxylic acids is 2. The molecule has 1 aliphatic heterocycles. The van der Waals surface area contributed by atoms with Crippen LogP contribution >= 0.6 is 11.6 Å². The van der Waals surface area contributed by atoms with Crippen LogP contribution in [-0.4, -0.2) is 72.9 Å². The Kier molecular flexibility index (Phi) is 7.00. The number of ether oxygens (including phenoxy) is 1. The summed E-state index contributed by atoms with van der Waals surface area (Å²) in [4.78, 5) is 50.4. The molecule has 40 heavy (non-hydrogen) atoms. The van der Waals surface area contributed by atoms with Crippen molar-refractivity contribution in [2.75, 3.05) is 36.9 Å². The van der Waals surface area contributed by atoms with E-state index in [1.165, 1.54) is 9.19 Å². The predicted molar refractivity (Wildman–Crippen MR) is 150 cm³/mol. The van der Waals surface area contributed by atoms with Crippen molar-refractivity contribution in [1.82, 2.24) is 34.5 Å². The Morgan fingerprint density at radius 3 is 2.58 bits per heavy atom. The third-order valence-corrected chi connectivity index (χ3v) is 6.74. The van der Waals surface area contributed by atoms with E-state index >= 15 is 0 Å². The van der Waals surface area contributed by atoms with Crippen molar-refractivity contribution in [3.8, 4) is 0 Å². The maximum absolute atomic E-state index is 13.9. The van der Waals surface area contributed by atoms with Crippen LogP contribution in [0.15, 0.2) is 41.5 Å². The smallest absolute Gasteiger partial charge is 0.410 e. The van der Waals surface area contributed by atoms with Crippen molar-refractivity contribution in [3.63, 3.8) is 0 Å². The first-order valence-corrected chi connectivity index (χ1v) is 13.2. The van der Waals surface area contributed by atoms with Gasteiger partial charge in [0.25, 0.3) is 11.5 Å². The highest BCUT2D eigenvalue weighted by Crippen LogP contribution is 2.23. The molecule has 1 unspecified atom stereocenters. The second-order valence-electron chi connectivity index (χ2n) is 10.5. The number of aromatic nitrogens is 5. The number of halogens is 1. The van der Waals surface area contributed by atoms with Gasteiger partial charge in [0.2, 0.25) is 0 Å². The average Bonchev–Trinajstić information content (AvgIpc) is 3.23. The number of hydrogen-bond acceptors (Lipinski definition) is 9. The number of benzene rings is 1. The summed E-state index contributed by atoms with van der Waals surface area (Å²) in [5, 5.41) is 9.36. The zero-order valence-corrected chi connectivity index (χ0v) is 23.3. The lowest BCUT2D eigenvalue weighted by Crippen LogP contribution is -2.57. The van der Waals surface area contributed by atoms with Crippen LogP contribution in [0.25, 0.3) is 16.6 Å². The van der Waals surface area contributed by atoms with Crippen molar-refractivity contribution in [2.24, 2.45) is 0 Å². The average molecular weight is 568 g/mol. The van der Waals surface area contributed by atoms with E-state index in [0.717, 1.165) is 0 Å². The van der Waals surface area contributed by atoms with Gasteiger partial charge in [-0.25, -0.2) is 24.0 Å². The van der Waals surface area contributed by atoms with E-state index in [4.69, 9.17) is 27.1 Å². The summed E-state index contributed by atoms with van der Waals surface area (Å²) in [5.74, 6) is -0.195. The summed E-state index contributed by atoms with van der Waals surface area (Å²) >= 11 is 6.42. The molecule has 4 heterocycles. The summed E-state index contributed by atoms with van der Waals surface area (Å²) in [5.41, 5.74) is 5.86. The first-order chi connectivity index (χ1) is 18.9. The van der Waals surface area contributed by atoms with Gasteiger partial charge in [-0.15, -0.1) is 5.10 Å². The normalized spacial score (nSPS) is 14.9. The second-order valence-corrected chi connectivity index (χ2v) is 10.9. The van der Waals surface area contributed by atoms with Crippen LogP contribution in [0.3, 0.4) is 0 Å². The zero-order valence-electron chi connectivity index (χ0n) is 22.6. The van der Waals surface area contributed by atoms with E-state index in [9.17, 15) is 14.4 Å². The summed E-state index contributed by atoms with van der Waals surface area (Å²) in [6, 6.07) is 5.97. The highest BCUT2D eigenvalue weighted by molar-refractivity contribution is 6.35. The molecule has 4 aromatic rings. The Morgan fingerprint density at radius 1 is 1.15 bits per heavy atom. The summed E-state index contributed by atoms with van der Waals surface area (Å²) in [7, 11) is 0. The van der Waals surface area contributed by atoms with Gasteiger partial charge in [-0.05, 0) is 45.9 Å². The van der Waals surface area contributed by atoms with Gasteiger partial charge >= 0.3 is 6.09 Å². The van der Waals surface area contributed by atoms with Gasteiger partial charge in [0.15, 0.2) is 17.3 Å². The van der Waals surface area contributed by atoms with Crippen LogP contribution in [0.2, 0.25) is 5.02 Å². The first kappa shape index (κ1) is 27.2. The Labute approximate surface area is 234 Å². The topological polar surface area (TPSA) is 153 Å². The van der Waals surface area contributed by atoms with E-state index in [0.29, 0.717) is 43.2 Å².